The zero-order valence-corrected chi connectivity index (χ0v) is 8.81. The van der Waals surface area contributed by atoms with Gasteiger partial charge in [0.1, 0.15) is 6.29 Å². The highest BCUT2D eigenvalue weighted by atomic mass is 16.4. The van der Waals surface area contributed by atoms with Crippen LogP contribution in [0.15, 0.2) is 18.2 Å². The minimum Gasteiger partial charge on any atom is -0.423 e. The van der Waals surface area contributed by atoms with Crippen LogP contribution in [0.4, 0.5) is 0 Å². The molecule has 0 aliphatic heterocycles. The van der Waals surface area contributed by atoms with E-state index in [1.54, 1.807) is 12.1 Å². The molecular weight excluding hydrogens is 191 g/mol. The molecule has 0 radical (unpaired) electrons. The molecule has 0 aliphatic carbocycles. The lowest BCUT2D eigenvalue weighted by Gasteiger charge is -2.05. The summed E-state index contributed by atoms with van der Waals surface area (Å²) < 4.78 is 0. The van der Waals surface area contributed by atoms with E-state index in [0.717, 1.165) is 31.1 Å². The highest BCUT2D eigenvalue weighted by Crippen LogP contribution is 2.06. The largest absolute Gasteiger partial charge is 0.488 e. The van der Waals surface area contributed by atoms with Gasteiger partial charge in [0.25, 0.3) is 0 Å². The van der Waals surface area contributed by atoms with E-state index < -0.39 is 7.12 Å². The molecule has 0 saturated heterocycles. The zero-order valence-electron chi connectivity index (χ0n) is 8.81. The van der Waals surface area contributed by atoms with Gasteiger partial charge in [-0.1, -0.05) is 25.5 Å². The minimum absolute atomic E-state index is 0.380. The van der Waals surface area contributed by atoms with Crippen molar-refractivity contribution in [1.82, 2.24) is 0 Å². The van der Waals surface area contributed by atoms with Crippen molar-refractivity contribution in [1.29, 1.82) is 0 Å². The molecular formula is C11H15BO3. The topological polar surface area (TPSA) is 57.5 Å². The molecule has 1 aromatic carbocycles. The smallest absolute Gasteiger partial charge is 0.423 e. The van der Waals surface area contributed by atoms with Gasteiger partial charge < -0.3 is 10.0 Å². The summed E-state index contributed by atoms with van der Waals surface area (Å²) in [6.45, 7) is 2.09. The Bertz CT molecular complexity index is 337. The maximum Gasteiger partial charge on any atom is 0.488 e. The van der Waals surface area contributed by atoms with Crippen molar-refractivity contribution in [2.24, 2.45) is 0 Å². The van der Waals surface area contributed by atoms with Crippen molar-refractivity contribution < 1.29 is 14.8 Å². The lowest BCUT2D eigenvalue weighted by atomic mass is 9.78. The zero-order chi connectivity index (χ0) is 11.3. The van der Waals surface area contributed by atoms with Gasteiger partial charge in [-0.15, -0.1) is 0 Å². The SMILES string of the molecule is CCCCc1cc(C=O)cc(B(O)O)c1. The molecule has 0 aliphatic rings. The van der Waals surface area contributed by atoms with Gasteiger partial charge in [-0.2, -0.15) is 0 Å². The van der Waals surface area contributed by atoms with Crippen LogP contribution in [0.25, 0.3) is 0 Å². The summed E-state index contributed by atoms with van der Waals surface area (Å²) in [7, 11) is -1.51. The molecule has 15 heavy (non-hydrogen) atoms. The molecule has 0 saturated carbocycles. The lowest BCUT2D eigenvalue weighted by molar-refractivity contribution is 0.112. The van der Waals surface area contributed by atoms with E-state index in [2.05, 4.69) is 6.92 Å². The highest BCUT2D eigenvalue weighted by Gasteiger charge is 2.12. The maximum atomic E-state index is 10.6. The van der Waals surface area contributed by atoms with Gasteiger partial charge in [0, 0.05) is 5.56 Å². The average Bonchev–Trinajstić information content (AvgIpc) is 2.25. The fourth-order valence-electron chi connectivity index (χ4n) is 1.49. The van der Waals surface area contributed by atoms with Crippen LogP contribution in [-0.4, -0.2) is 23.5 Å². The van der Waals surface area contributed by atoms with E-state index in [1.165, 1.54) is 6.07 Å². The number of aldehydes is 1. The number of aryl methyl sites for hydroxylation is 1. The van der Waals surface area contributed by atoms with Crippen LogP contribution in [0.2, 0.25) is 0 Å². The molecule has 2 N–H and O–H groups in total. The third-order valence-electron chi connectivity index (χ3n) is 2.29. The monoisotopic (exact) mass is 206 g/mol. The molecule has 4 heteroatoms. The third-order valence-corrected chi connectivity index (χ3v) is 2.29. The number of rotatable bonds is 5. The number of hydrogen-bond acceptors (Lipinski definition) is 3. The molecule has 0 amide bonds. The Morgan fingerprint density at radius 1 is 1.33 bits per heavy atom. The molecule has 0 bridgehead atoms. The Balaban J connectivity index is 2.95. The summed E-state index contributed by atoms with van der Waals surface area (Å²) in [5.74, 6) is 0. The first-order valence-electron chi connectivity index (χ1n) is 5.12. The van der Waals surface area contributed by atoms with Crippen LogP contribution < -0.4 is 5.46 Å². The molecule has 0 heterocycles. The Morgan fingerprint density at radius 3 is 2.60 bits per heavy atom. The minimum atomic E-state index is -1.51. The summed E-state index contributed by atoms with van der Waals surface area (Å²) in [5.41, 5.74) is 1.85. The first kappa shape index (κ1) is 11.9. The first-order valence-corrected chi connectivity index (χ1v) is 5.12. The first-order chi connectivity index (χ1) is 7.17. The van der Waals surface area contributed by atoms with Crippen LogP contribution >= 0.6 is 0 Å². The molecule has 0 fully saturated rings. The van der Waals surface area contributed by atoms with E-state index in [9.17, 15) is 4.79 Å². The second kappa shape index (κ2) is 5.68. The van der Waals surface area contributed by atoms with Gasteiger partial charge in [0.2, 0.25) is 0 Å². The van der Waals surface area contributed by atoms with E-state index in [-0.39, 0.29) is 0 Å². The quantitative estimate of drug-likeness (QED) is 0.545. The van der Waals surface area contributed by atoms with Gasteiger partial charge in [0.05, 0.1) is 0 Å². The van der Waals surface area contributed by atoms with Crippen LogP contribution in [0.1, 0.15) is 35.7 Å². The summed E-state index contributed by atoms with van der Waals surface area (Å²) in [6, 6.07) is 5.01. The third kappa shape index (κ3) is 3.49. The number of hydrogen-bond donors (Lipinski definition) is 2. The highest BCUT2D eigenvalue weighted by molar-refractivity contribution is 6.58. The van der Waals surface area contributed by atoms with E-state index in [0.29, 0.717) is 11.0 Å². The maximum absolute atomic E-state index is 10.6. The molecule has 3 nitrogen and oxygen atoms in total. The predicted molar refractivity (Wildman–Crippen MR) is 60.3 cm³/mol. The Hall–Kier alpha value is -1.13. The van der Waals surface area contributed by atoms with E-state index in [1.807, 2.05) is 0 Å². The fraction of sp³-hybridized carbons (Fsp3) is 0.364. The molecule has 80 valence electrons. The molecule has 0 aromatic heterocycles. The second-order valence-electron chi connectivity index (χ2n) is 3.60. The number of unbranched alkanes of at least 4 members (excludes halogenated alkanes) is 1. The van der Waals surface area contributed by atoms with Crippen LogP contribution in [0.5, 0.6) is 0 Å². The summed E-state index contributed by atoms with van der Waals surface area (Å²) in [6.07, 6.45) is 3.69. The number of carbonyl (C=O) groups excluding carboxylic acids is 1. The molecule has 1 aromatic rings. The Morgan fingerprint density at radius 2 is 2.07 bits per heavy atom. The number of benzene rings is 1. The normalized spacial score (nSPS) is 10.1. The van der Waals surface area contributed by atoms with Crippen LogP contribution in [-0.2, 0) is 6.42 Å². The van der Waals surface area contributed by atoms with Gasteiger partial charge in [-0.25, -0.2) is 0 Å². The van der Waals surface area contributed by atoms with Gasteiger partial charge in [-0.05, 0) is 29.9 Å². The van der Waals surface area contributed by atoms with Crippen molar-refractivity contribution in [2.75, 3.05) is 0 Å². The van der Waals surface area contributed by atoms with Crippen molar-refractivity contribution >= 4 is 18.9 Å². The Kier molecular flexibility index (Phi) is 4.53. The van der Waals surface area contributed by atoms with E-state index in [4.69, 9.17) is 10.0 Å². The molecule has 1 rings (SSSR count). The molecule has 0 unspecified atom stereocenters. The predicted octanol–water partition coefficient (Wildman–Crippen LogP) is 0.522. The van der Waals surface area contributed by atoms with Crippen LogP contribution in [0.3, 0.4) is 0 Å². The lowest BCUT2D eigenvalue weighted by Crippen LogP contribution is -2.30. The summed E-state index contributed by atoms with van der Waals surface area (Å²) in [4.78, 5) is 10.6. The van der Waals surface area contributed by atoms with Crippen LogP contribution in [0, 0.1) is 0 Å². The fourth-order valence-corrected chi connectivity index (χ4v) is 1.49. The van der Waals surface area contributed by atoms with Crippen molar-refractivity contribution in [3.05, 3.63) is 29.3 Å². The second-order valence-corrected chi connectivity index (χ2v) is 3.60. The van der Waals surface area contributed by atoms with E-state index >= 15 is 0 Å². The van der Waals surface area contributed by atoms with Gasteiger partial charge in [-0.3, -0.25) is 4.79 Å². The van der Waals surface area contributed by atoms with Crippen molar-refractivity contribution in [3.63, 3.8) is 0 Å². The van der Waals surface area contributed by atoms with Crippen molar-refractivity contribution in [2.45, 2.75) is 26.2 Å². The number of carbonyl (C=O) groups is 1. The summed E-state index contributed by atoms with van der Waals surface area (Å²) >= 11 is 0. The Labute approximate surface area is 89.9 Å². The van der Waals surface area contributed by atoms with Gasteiger partial charge >= 0.3 is 7.12 Å². The molecule has 0 spiro atoms. The standard InChI is InChI=1S/C11H15BO3/c1-2-3-4-9-5-10(8-13)7-11(6-9)12(14)15/h5-8,14-15H,2-4H2,1H3. The van der Waals surface area contributed by atoms with Gasteiger partial charge in [0.15, 0.2) is 0 Å². The van der Waals surface area contributed by atoms with Crippen molar-refractivity contribution in [3.8, 4) is 0 Å². The average molecular weight is 206 g/mol. The molecule has 0 atom stereocenters. The summed E-state index contributed by atoms with van der Waals surface area (Å²) in [5, 5.41) is 18.1.